The van der Waals surface area contributed by atoms with Gasteiger partial charge in [0.25, 0.3) is 0 Å². The first-order chi connectivity index (χ1) is 17.2. The second kappa shape index (κ2) is 14.9. The fourth-order valence-corrected chi connectivity index (χ4v) is 3.29. The third kappa shape index (κ3) is 10.1. The molecule has 3 amide bonds. The normalized spacial score (nSPS) is 11.0. The van der Waals surface area contributed by atoms with Crippen LogP contribution in [-0.2, 0) is 14.4 Å². The Hall–Kier alpha value is -3.36. The molecule has 1 heterocycles. The third-order valence-electron chi connectivity index (χ3n) is 5.59. The molecule has 2 aromatic rings. The molecule has 0 saturated carbocycles. The van der Waals surface area contributed by atoms with E-state index in [1.54, 1.807) is 52.0 Å². The Morgan fingerprint density at radius 1 is 0.694 bits per heavy atom. The van der Waals surface area contributed by atoms with Crippen molar-refractivity contribution >= 4 is 35.3 Å². The van der Waals surface area contributed by atoms with Crippen molar-refractivity contribution in [3.05, 3.63) is 24.3 Å². The Balaban J connectivity index is 2.05. The maximum Gasteiger partial charge on any atom is 0.234 e. The van der Waals surface area contributed by atoms with E-state index in [4.69, 9.17) is 0 Å². The number of carbonyl (C=O) groups excluding carboxylic acids is 3. The van der Waals surface area contributed by atoms with Crippen molar-refractivity contribution in [3.8, 4) is 11.4 Å². The summed E-state index contributed by atoms with van der Waals surface area (Å²) in [5.41, 5.74) is 1.34. The second-order valence-corrected chi connectivity index (χ2v) is 9.59. The summed E-state index contributed by atoms with van der Waals surface area (Å²) >= 11 is 0. The van der Waals surface area contributed by atoms with Gasteiger partial charge in [-0.25, -0.2) is 0 Å². The van der Waals surface area contributed by atoms with Crippen LogP contribution in [0.3, 0.4) is 0 Å². The number of nitrogens with zero attached hydrogens (tertiary/aromatic N) is 3. The summed E-state index contributed by atoms with van der Waals surface area (Å²) in [7, 11) is 0. The fourth-order valence-electron chi connectivity index (χ4n) is 3.29. The molecule has 9 nitrogen and oxygen atoms in total. The predicted octanol–water partition coefficient (Wildman–Crippen LogP) is 5.81. The molecule has 0 bridgehead atoms. The van der Waals surface area contributed by atoms with Gasteiger partial charge < -0.3 is 5.32 Å². The predicted molar refractivity (Wildman–Crippen MR) is 143 cm³/mol. The van der Waals surface area contributed by atoms with Gasteiger partial charge in [-0.3, -0.25) is 25.0 Å². The van der Waals surface area contributed by atoms with Gasteiger partial charge in [0, 0.05) is 29.5 Å². The maximum atomic E-state index is 12.3. The monoisotopic (exact) mass is 496 g/mol. The molecule has 1 aromatic heterocycles. The van der Waals surface area contributed by atoms with E-state index in [2.05, 4.69) is 37.8 Å². The van der Waals surface area contributed by atoms with E-state index in [9.17, 15) is 14.4 Å². The van der Waals surface area contributed by atoms with Crippen molar-refractivity contribution in [3.63, 3.8) is 0 Å². The average molecular weight is 497 g/mol. The van der Waals surface area contributed by atoms with Crippen LogP contribution in [0.1, 0.15) is 86.0 Å². The first kappa shape index (κ1) is 28.9. The van der Waals surface area contributed by atoms with Crippen molar-refractivity contribution < 1.29 is 14.4 Å². The molecule has 0 fully saturated rings. The molecular weight excluding hydrogens is 456 g/mol. The lowest BCUT2D eigenvalue weighted by Crippen LogP contribution is -2.23. The van der Waals surface area contributed by atoms with E-state index >= 15 is 0 Å². The molecule has 0 aliphatic rings. The van der Waals surface area contributed by atoms with Gasteiger partial charge in [0.2, 0.25) is 29.6 Å². The number of rotatable bonds is 14. The van der Waals surface area contributed by atoms with E-state index in [-0.39, 0.29) is 41.5 Å². The minimum atomic E-state index is -0.261. The molecular formula is C27H40N6O3. The summed E-state index contributed by atoms with van der Waals surface area (Å²) in [6.07, 6.45) is 8.65. The van der Waals surface area contributed by atoms with Gasteiger partial charge in [0.15, 0.2) is 5.82 Å². The van der Waals surface area contributed by atoms with Gasteiger partial charge in [-0.05, 0) is 30.7 Å². The van der Waals surface area contributed by atoms with Gasteiger partial charge >= 0.3 is 0 Å². The number of benzene rings is 1. The second-order valence-electron chi connectivity index (χ2n) is 9.59. The van der Waals surface area contributed by atoms with Crippen LogP contribution in [0.15, 0.2) is 24.3 Å². The van der Waals surface area contributed by atoms with Crippen molar-refractivity contribution in [1.82, 2.24) is 15.0 Å². The lowest BCUT2D eigenvalue weighted by Gasteiger charge is -2.12. The zero-order chi connectivity index (χ0) is 26.5. The molecule has 3 N–H and O–H groups in total. The number of amides is 3. The van der Waals surface area contributed by atoms with E-state index in [1.807, 2.05) is 0 Å². The number of anilines is 3. The first-order valence-corrected chi connectivity index (χ1v) is 13.0. The number of hydrogen-bond acceptors (Lipinski definition) is 6. The summed E-state index contributed by atoms with van der Waals surface area (Å²) in [6.45, 7) is 9.26. The average Bonchev–Trinajstić information content (AvgIpc) is 2.83. The highest BCUT2D eigenvalue weighted by Crippen LogP contribution is 2.21. The third-order valence-corrected chi connectivity index (χ3v) is 5.59. The summed E-state index contributed by atoms with van der Waals surface area (Å²) in [5, 5.41) is 8.25. The van der Waals surface area contributed by atoms with Crippen LogP contribution in [-0.4, -0.2) is 32.7 Å². The Morgan fingerprint density at radius 2 is 1.19 bits per heavy atom. The summed E-state index contributed by atoms with van der Waals surface area (Å²) in [6, 6.07) is 7.11. The summed E-state index contributed by atoms with van der Waals surface area (Å²) in [5.74, 6) is -0.599. The minimum Gasteiger partial charge on any atom is -0.326 e. The lowest BCUT2D eigenvalue weighted by atomic mass is 10.1. The molecule has 1 aromatic carbocycles. The molecule has 0 aliphatic heterocycles. The van der Waals surface area contributed by atoms with E-state index in [1.165, 1.54) is 32.1 Å². The topological polar surface area (TPSA) is 126 Å². The Labute approximate surface area is 214 Å². The SMILES string of the molecule is CCCCCCCCCC(=O)Nc1ccc(-c2nc(NC(=O)C(C)C)nc(NC(=O)C(C)C)n2)cc1. The number of nitrogens with one attached hydrogen (secondary N) is 3. The van der Waals surface area contributed by atoms with Gasteiger partial charge in [-0.1, -0.05) is 73.1 Å². The number of aromatic nitrogens is 3. The molecule has 196 valence electrons. The number of carbonyl (C=O) groups is 3. The molecule has 9 heteroatoms. The molecule has 2 rings (SSSR count). The van der Waals surface area contributed by atoms with Gasteiger partial charge in [-0.15, -0.1) is 0 Å². The first-order valence-electron chi connectivity index (χ1n) is 13.0. The van der Waals surface area contributed by atoms with Crippen LogP contribution in [0.5, 0.6) is 0 Å². The quantitative estimate of drug-likeness (QED) is 0.283. The summed E-state index contributed by atoms with van der Waals surface area (Å²) < 4.78 is 0. The molecule has 0 unspecified atom stereocenters. The highest BCUT2D eigenvalue weighted by Gasteiger charge is 2.16. The van der Waals surface area contributed by atoms with Crippen LogP contribution in [0.4, 0.5) is 17.6 Å². The van der Waals surface area contributed by atoms with E-state index < -0.39 is 0 Å². The highest BCUT2D eigenvalue weighted by atomic mass is 16.2. The molecule has 0 spiro atoms. The zero-order valence-corrected chi connectivity index (χ0v) is 22.2. The standard InChI is InChI=1S/C27H40N6O3/c1-6-7-8-9-10-11-12-13-22(34)28-21-16-14-20(15-17-21)23-29-26(31-24(35)18(2)3)33-27(30-23)32-25(36)19(4)5/h14-19H,6-13H2,1-5H3,(H,28,34)(H2,29,30,31,32,33,35,36). The molecule has 36 heavy (non-hydrogen) atoms. The largest absolute Gasteiger partial charge is 0.326 e. The van der Waals surface area contributed by atoms with Gasteiger partial charge in [-0.2, -0.15) is 15.0 Å². The molecule has 0 saturated heterocycles. The van der Waals surface area contributed by atoms with Crippen molar-refractivity contribution in [1.29, 1.82) is 0 Å². The fraction of sp³-hybridized carbons (Fsp3) is 0.556. The van der Waals surface area contributed by atoms with Gasteiger partial charge in [0.05, 0.1) is 0 Å². The molecule has 0 aliphatic carbocycles. The van der Waals surface area contributed by atoms with Crippen molar-refractivity contribution in [2.75, 3.05) is 16.0 Å². The van der Waals surface area contributed by atoms with Crippen LogP contribution in [0, 0.1) is 11.8 Å². The number of hydrogen-bond donors (Lipinski definition) is 3. The zero-order valence-electron chi connectivity index (χ0n) is 22.2. The Morgan fingerprint density at radius 3 is 1.69 bits per heavy atom. The summed E-state index contributed by atoms with van der Waals surface area (Å²) in [4.78, 5) is 49.5. The van der Waals surface area contributed by atoms with Crippen LogP contribution in [0.2, 0.25) is 0 Å². The Kier molecular flexibility index (Phi) is 12.0. The Bertz CT molecular complexity index is 965. The van der Waals surface area contributed by atoms with Crippen LogP contribution in [0.25, 0.3) is 11.4 Å². The highest BCUT2D eigenvalue weighted by molar-refractivity contribution is 5.93. The van der Waals surface area contributed by atoms with Crippen LogP contribution >= 0.6 is 0 Å². The van der Waals surface area contributed by atoms with Crippen molar-refractivity contribution in [2.45, 2.75) is 86.0 Å². The van der Waals surface area contributed by atoms with E-state index in [0.29, 0.717) is 23.5 Å². The molecule has 0 atom stereocenters. The minimum absolute atomic E-state index is 0.00571. The van der Waals surface area contributed by atoms with Gasteiger partial charge in [0.1, 0.15) is 0 Å². The van der Waals surface area contributed by atoms with E-state index in [0.717, 1.165) is 12.8 Å². The van der Waals surface area contributed by atoms with Crippen LogP contribution < -0.4 is 16.0 Å². The molecule has 0 radical (unpaired) electrons. The number of unbranched alkanes of at least 4 members (excludes halogenated alkanes) is 6. The van der Waals surface area contributed by atoms with Crippen molar-refractivity contribution in [2.24, 2.45) is 11.8 Å². The maximum absolute atomic E-state index is 12.3. The lowest BCUT2D eigenvalue weighted by molar-refractivity contribution is -0.119. The smallest absolute Gasteiger partial charge is 0.234 e.